The van der Waals surface area contributed by atoms with E-state index < -0.39 is 0 Å². The molecule has 2 aromatic heterocycles. The molecule has 0 saturated carbocycles. The summed E-state index contributed by atoms with van der Waals surface area (Å²) >= 11 is 2.81. The number of amides is 2. The molecule has 1 aliphatic rings. The smallest absolute Gasteiger partial charge is 0.261 e. The summed E-state index contributed by atoms with van der Waals surface area (Å²) < 4.78 is 1.90. The fraction of sp³-hybridized carbons (Fsp3) is 0.440. The average Bonchev–Trinajstić information content (AvgIpc) is 3.53. The molecule has 0 unspecified atom stereocenters. The Morgan fingerprint density at radius 3 is 2.46 bits per heavy atom. The number of rotatable bonds is 9. The maximum Gasteiger partial charge on any atom is 0.261 e. The molecule has 0 radical (unpaired) electrons. The van der Waals surface area contributed by atoms with Gasteiger partial charge in [-0.2, -0.15) is 0 Å². The average molecular weight is 513 g/mol. The first-order valence-electron chi connectivity index (χ1n) is 11.9. The highest BCUT2D eigenvalue weighted by Crippen LogP contribution is 2.25. The maximum absolute atomic E-state index is 12.9. The zero-order chi connectivity index (χ0) is 24.8. The summed E-state index contributed by atoms with van der Waals surface area (Å²) in [5, 5.41) is 14.4. The highest BCUT2D eigenvalue weighted by atomic mass is 32.2. The first-order valence-corrected chi connectivity index (χ1v) is 13.7. The van der Waals surface area contributed by atoms with Gasteiger partial charge in [-0.25, -0.2) is 0 Å². The van der Waals surface area contributed by atoms with Crippen molar-refractivity contribution in [3.8, 4) is 0 Å². The van der Waals surface area contributed by atoms with Crippen molar-refractivity contribution in [1.29, 1.82) is 0 Å². The number of anilines is 1. The van der Waals surface area contributed by atoms with Crippen LogP contribution in [0.15, 0.2) is 53.0 Å². The van der Waals surface area contributed by atoms with E-state index >= 15 is 0 Å². The number of hydrogen-bond donors (Lipinski definition) is 1. The second-order valence-electron chi connectivity index (χ2n) is 9.02. The van der Waals surface area contributed by atoms with Gasteiger partial charge in [0.2, 0.25) is 5.91 Å². The SMILES string of the molecule is CC(C)C[C@H](NC(=O)c1cccs1)c1nnc(SCC(=O)N2CCN(c3ccccc3)CC2)n1C. The Morgan fingerprint density at radius 1 is 1.06 bits per heavy atom. The molecule has 4 rings (SSSR count). The fourth-order valence-electron chi connectivity index (χ4n) is 4.16. The molecule has 0 aliphatic carbocycles. The molecule has 1 saturated heterocycles. The quantitative estimate of drug-likeness (QED) is 0.439. The summed E-state index contributed by atoms with van der Waals surface area (Å²) in [5.74, 6) is 1.39. The van der Waals surface area contributed by atoms with Gasteiger partial charge in [0.1, 0.15) is 0 Å². The number of nitrogens with zero attached hydrogens (tertiary/aromatic N) is 5. The van der Waals surface area contributed by atoms with E-state index in [0.29, 0.717) is 40.6 Å². The largest absolute Gasteiger partial charge is 0.368 e. The molecule has 35 heavy (non-hydrogen) atoms. The van der Waals surface area contributed by atoms with Crippen LogP contribution in [0.4, 0.5) is 5.69 Å². The number of thioether (sulfide) groups is 1. The molecule has 1 aromatic carbocycles. The van der Waals surface area contributed by atoms with Crippen LogP contribution >= 0.6 is 23.1 Å². The monoisotopic (exact) mass is 512 g/mol. The lowest BCUT2D eigenvalue weighted by atomic mass is 10.0. The minimum absolute atomic E-state index is 0.104. The van der Waals surface area contributed by atoms with Gasteiger partial charge in [0.05, 0.1) is 16.7 Å². The Morgan fingerprint density at radius 2 is 1.80 bits per heavy atom. The van der Waals surface area contributed by atoms with Crippen molar-refractivity contribution in [3.63, 3.8) is 0 Å². The van der Waals surface area contributed by atoms with Gasteiger partial charge in [-0.05, 0) is 35.9 Å². The summed E-state index contributed by atoms with van der Waals surface area (Å²) in [4.78, 5) is 30.4. The molecule has 0 bridgehead atoms. The number of aromatic nitrogens is 3. The summed E-state index contributed by atoms with van der Waals surface area (Å²) in [7, 11) is 1.89. The highest BCUT2D eigenvalue weighted by molar-refractivity contribution is 7.99. The minimum Gasteiger partial charge on any atom is -0.368 e. The highest BCUT2D eigenvalue weighted by Gasteiger charge is 2.25. The third-order valence-electron chi connectivity index (χ3n) is 6.02. The van der Waals surface area contributed by atoms with Crippen LogP contribution in [0.5, 0.6) is 0 Å². The van der Waals surface area contributed by atoms with Crippen molar-refractivity contribution in [2.75, 3.05) is 36.8 Å². The van der Waals surface area contributed by atoms with Gasteiger partial charge in [-0.3, -0.25) is 9.59 Å². The molecular formula is C25H32N6O2S2. The molecule has 3 heterocycles. The van der Waals surface area contributed by atoms with E-state index in [9.17, 15) is 9.59 Å². The van der Waals surface area contributed by atoms with Crippen molar-refractivity contribution in [2.24, 2.45) is 13.0 Å². The van der Waals surface area contributed by atoms with Gasteiger partial charge in [-0.1, -0.05) is 49.9 Å². The van der Waals surface area contributed by atoms with E-state index in [4.69, 9.17) is 0 Å². The molecule has 0 spiro atoms. The number of benzene rings is 1. The molecule has 1 N–H and O–H groups in total. The van der Waals surface area contributed by atoms with Crippen molar-refractivity contribution in [3.05, 3.63) is 58.5 Å². The molecule has 10 heteroatoms. The molecule has 1 atom stereocenters. The molecule has 1 fully saturated rings. The van der Waals surface area contributed by atoms with Crippen LogP contribution in [0.25, 0.3) is 0 Å². The third-order valence-corrected chi connectivity index (χ3v) is 7.89. The second kappa shape index (κ2) is 11.7. The predicted octanol–water partition coefficient (Wildman–Crippen LogP) is 3.83. The van der Waals surface area contributed by atoms with Crippen molar-refractivity contribution in [1.82, 2.24) is 25.0 Å². The van der Waals surface area contributed by atoms with Crippen LogP contribution in [-0.2, 0) is 11.8 Å². The second-order valence-corrected chi connectivity index (χ2v) is 10.9. The standard InChI is InChI=1S/C25H32N6O2S2/c1-18(2)16-20(26-24(33)21-10-7-15-34-21)23-27-28-25(29(23)3)35-17-22(32)31-13-11-30(12-14-31)19-8-5-4-6-9-19/h4-10,15,18,20H,11-14,16-17H2,1-3H3,(H,26,33)/t20-/m0/s1. The van der Waals surface area contributed by atoms with Gasteiger partial charge < -0.3 is 19.7 Å². The maximum atomic E-state index is 12.9. The number of thiophene rings is 1. The van der Waals surface area contributed by atoms with Crippen molar-refractivity contribution >= 4 is 40.6 Å². The van der Waals surface area contributed by atoms with Crippen LogP contribution in [0.2, 0.25) is 0 Å². The van der Waals surface area contributed by atoms with Gasteiger partial charge in [0.25, 0.3) is 5.91 Å². The fourth-order valence-corrected chi connectivity index (χ4v) is 5.61. The van der Waals surface area contributed by atoms with Gasteiger partial charge in [0, 0.05) is 38.9 Å². The number of nitrogens with one attached hydrogen (secondary N) is 1. The Bertz CT molecular complexity index is 1110. The molecule has 3 aromatic rings. The zero-order valence-corrected chi connectivity index (χ0v) is 22.0. The Balaban J connectivity index is 1.34. The van der Waals surface area contributed by atoms with Gasteiger partial charge in [-0.15, -0.1) is 21.5 Å². The first kappa shape index (κ1) is 25.2. The number of carbonyl (C=O) groups excluding carboxylic acids is 2. The van der Waals surface area contributed by atoms with Crippen LogP contribution in [0, 0.1) is 5.92 Å². The number of hydrogen-bond acceptors (Lipinski definition) is 7. The van der Waals surface area contributed by atoms with Gasteiger partial charge in [0.15, 0.2) is 11.0 Å². The lowest BCUT2D eigenvalue weighted by molar-refractivity contribution is -0.128. The molecule has 8 nitrogen and oxygen atoms in total. The third kappa shape index (κ3) is 6.43. The topological polar surface area (TPSA) is 83.4 Å². The summed E-state index contributed by atoms with van der Waals surface area (Å²) in [6, 6.07) is 13.7. The van der Waals surface area contributed by atoms with Crippen LogP contribution < -0.4 is 10.2 Å². The van der Waals surface area contributed by atoms with Crippen molar-refractivity contribution < 1.29 is 9.59 Å². The Kier molecular flexibility index (Phi) is 8.46. The summed E-state index contributed by atoms with van der Waals surface area (Å²) in [6.07, 6.45) is 0.748. The van der Waals surface area contributed by atoms with Crippen LogP contribution in [0.1, 0.15) is 41.8 Å². The number of piperazine rings is 1. The normalized spacial score (nSPS) is 14.9. The molecule has 186 valence electrons. The van der Waals surface area contributed by atoms with E-state index in [1.165, 1.54) is 28.8 Å². The Labute approximate surface area is 214 Å². The lowest BCUT2D eigenvalue weighted by Crippen LogP contribution is -2.49. The summed E-state index contributed by atoms with van der Waals surface area (Å²) in [6.45, 7) is 7.32. The molecular weight excluding hydrogens is 480 g/mol. The van der Waals surface area contributed by atoms with E-state index in [0.717, 1.165) is 19.5 Å². The molecule has 2 amide bonds. The number of para-hydroxylation sites is 1. The summed E-state index contributed by atoms with van der Waals surface area (Å²) in [5.41, 5.74) is 1.20. The van der Waals surface area contributed by atoms with Crippen LogP contribution in [0.3, 0.4) is 0 Å². The van der Waals surface area contributed by atoms with E-state index in [1.54, 1.807) is 0 Å². The predicted molar refractivity (Wildman–Crippen MR) is 141 cm³/mol. The Hall–Kier alpha value is -2.85. The number of carbonyl (C=O) groups is 2. The van der Waals surface area contributed by atoms with Crippen LogP contribution in [-0.4, -0.2) is 63.4 Å². The van der Waals surface area contributed by atoms with E-state index in [2.05, 4.69) is 46.4 Å². The van der Waals surface area contributed by atoms with E-state index in [-0.39, 0.29) is 17.9 Å². The van der Waals surface area contributed by atoms with E-state index in [1.807, 2.05) is 52.2 Å². The minimum atomic E-state index is -0.252. The zero-order valence-electron chi connectivity index (χ0n) is 20.4. The molecule has 1 aliphatic heterocycles. The lowest BCUT2D eigenvalue weighted by Gasteiger charge is -2.36. The van der Waals surface area contributed by atoms with Crippen molar-refractivity contribution in [2.45, 2.75) is 31.5 Å². The first-order chi connectivity index (χ1) is 16.9. The van der Waals surface area contributed by atoms with Gasteiger partial charge >= 0.3 is 0 Å².